The van der Waals surface area contributed by atoms with Gasteiger partial charge in [-0.1, -0.05) is 87.0 Å². The van der Waals surface area contributed by atoms with Gasteiger partial charge in [0, 0.05) is 22.9 Å². The highest BCUT2D eigenvalue weighted by atomic mass is 32.2. The lowest BCUT2D eigenvalue weighted by molar-refractivity contribution is -0.190. The number of hydrogen-bond acceptors (Lipinski definition) is 9. The number of rotatable bonds is 10. The second kappa shape index (κ2) is 14.1. The number of carbonyl (C=O) groups excluding carboxylic acids is 2. The molecule has 0 fully saturated rings. The van der Waals surface area contributed by atoms with Crippen molar-refractivity contribution in [3.63, 3.8) is 0 Å². The number of nitrogens with zero attached hydrogens (tertiary/aromatic N) is 3. The second-order valence-electron chi connectivity index (χ2n) is 14.0. The summed E-state index contributed by atoms with van der Waals surface area (Å²) >= 11 is 0. The van der Waals surface area contributed by atoms with Crippen LogP contribution < -0.4 is 10.3 Å². The molecular formula is C41H40N4O7S. The van der Waals surface area contributed by atoms with Crippen LogP contribution in [0, 0.1) is 12.8 Å². The van der Waals surface area contributed by atoms with Gasteiger partial charge < -0.3 is 14.0 Å². The molecule has 0 saturated heterocycles. The summed E-state index contributed by atoms with van der Waals surface area (Å²) in [6.45, 7) is 7.39. The van der Waals surface area contributed by atoms with Crippen LogP contribution in [0.1, 0.15) is 61.4 Å². The van der Waals surface area contributed by atoms with Crippen molar-refractivity contribution in [2.24, 2.45) is 10.9 Å². The highest BCUT2D eigenvalue weighted by molar-refractivity contribution is 7.90. The molecular weight excluding hydrogens is 693 g/mol. The summed E-state index contributed by atoms with van der Waals surface area (Å²) in [4.78, 5) is 51.8. The summed E-state index contributed by atoms with van der Waals surface area (Å²) in [5.74, 6) is -1.69. The Morgan fingerprint density at radius 1 is 1.02 bits per heavy atom. The Hall–Kier alpha value is -5.62. The van der Waals surface area contributed by atoms with Crippen LogP contribution in [-0.4, -0.2) is 41.8 Å². The maximum Gasteiger partial charge on any atom is 0.355 e. The van der Waals surface area contributed by atoms with Crippen molar-refractivity contribution in [1.29, 1.82) is 0 Å². The third kappa shape index (κ3) is 6.86. The average Bonchev–Trinajstić information content (AvgIpc) is 3.49. The SMILES string of the molecule is CC[C@@]1(OC(=O)C(CC(C)C)N=C(Cc2ccccc2)NS(=O)(=O)c2ccc(C)cc2)C(=O)OCc2c1cc1n(c2=O)Cc2cc3ccccc3nc2-1. The predicted molar refractivity (Wildman–Crippen MR) is 201 cm³/mol. The van der Waals surface area contributed by atoms with E-state index in [1.807, 2.05) is 81.4 Å². The molecule has 272 valence electrons. The highest BCUT2D eigenvalue weighted by Gasteiger charge is 2.51. The number of ether oxygens (including phenoxy) is 2. The number of esters is 2. The van der Waals surface area contributed by atoms with E-state index in [0.717, 1.165) is 27.6 Å². The van der Waals surface area contributed by atoms with E-state index in [0.29, 0.717) is 17.9 Å². The van der Waals surface area contributed by atoms with Gasteiger partial charge in [0.2, 0.25) is 5.60 Å². The summed E-state index contributed by atoms with van der Waals surface area (Å²) in [5.41, 5.74) is 2.59. The molecule has 53 heavy (non-hydrogen) atoms. The first-order valence-corrected chi connectivity index (χ1v) is 19.1. The van der Waals surface area contributed by atoms with Gasteiger partial charge in [-0.05, 0) is 61.6 Å². The topological polar surface area (TPSA) is 146 Å². The van der Waals surface area contributed by atoms with Crippen LogP contribution in [0.3, 0.4) is 0 Å². The number of aryl methyl sites for hydroxylation is 1. The molecule has 2 aromatic heterocycles. The van der Waals surface area contributed by atoms with Gasteiger partial charge in [-0.2, -0.15) is 0 Å². The minimum atomic E-state index is -4.09. The number of cyclic esters (lactones) is 1. The third-order valence-electron chi connectivity index (χ3n) is 9.74. The van der Waals surface area contributed by atoms with Gasteiger partial charge in [-0.25, -0.2) is 23.0 Å². The van der Waals surface area contributed by atoms with E-state index >= 15 is 0 Å². The summed E-state index contributed by atoms with van der Waals surface area (Å²) in [7, 11) is -4.09. The number of amidine groups is 1. The number of benzene rings is 3. The number of aliphatic imine (C=N–C) groups is 1. The van der Waals surface area contributed by atoms with Crippen molar-refractivity contribution in [2.75, 3.05) is 0 Å². The maximum atomic E-state index is 14.4. The number of fused-ring (bicyclic) bond motifs is 5. The Labute approximate surface area is 307 Å². The molecule has 2 aliphatic heterocycles. The van der Waals surface area contributed by atoms with E-state index in [1.54, 1.807) is 29.7 Å². The minimum absolute atomic E-state index is 0.0273. The Morgan fingerprint density at radius 3 is 2.45 bits per heavy atom. The quantitative estimate of drug-likeness (QED) is 0.103. The van der Waals surface area contributed by atoms with Crippen molar-refractivity contribution in [1.82, 2.24) is 14.3 Å². The van der Waals surface area contributed by atoms with Gasteiger partial charge >= 0.3 is 11.9 Å². The van der Waals surface area contributed by atoms with Crippen LogP contribution in [-0.2, 0) is 54.3 Å². The lowest BCUT2D eigenvalue weighted by Gasteiger charge is -2.36. The zero-order chi connectivity index (χ0) is 37.5. The Bertz CT molecular complexity index is 2440. The normalized spacial score (nSPS) is 17.2. The molecule has 0 bridgehead atoms. The number of sulfonamides is 1. The first-order chi connectivity index (χ1) is 25.4. The number of pyridine rings is 2. The van der Waals surface area contributed by atoms with Crippen molar-refractivity contribution < 1.29 is 27.5 Å². The molecule has 0 saturated carbocycles. The van der Waals surface area contributed by atoms with Gasteiger partial charge in [-0.15, -0.1) is 0 Å². The molecule has 1 unspecified atom stereocenters. The van der Waals surface area contributed by atoms with Crippen molar-refractivity contribution in [3.8, 4) is 11.4 Å². The van der Waals surface area contributed by atoms with Crippen LogP contribution in [0.15, 0.2) is 106 Å². The smallest absolute Gasteiger partial charge is 0.355 e. The van der Waals surface area contributed by atoms with Crippen molar-refractivity contribution >= 4 is 38.7 Å². The van der Waals surface area contributed by atoms with Crippen molar-refractivity contribution in [2.45, 2.75) is 76.6 Å². The van der Waals surface area contributed by atoms with Crippen LogP contribution in [0.4, 0.5) is 0 Å². The Morgan fingerprint density at radius 2 is 1.74 bits per heavy atom. The molecule has 1 N–H and O–H groups in total. The number of nitrogens with one attached hydrogen (secondary N) is 1. The summed E-state index contributed by atoms with van der Waals surface area (Å²) in [6.07, 6.45) is 0.227. The molecule has 0 spiro atoms. The van der Waals surface area contributed by atoms with Gasteiger partial charge in [0.15, 0.2) is 0 Å². The lowest BCUT2D eigenvalue weighted by atomic mass is 9.85. The molecule has 2 aliphatic rings. The standard InChI is InChI=1S/C41H40N4O7S/c1-5-41(32-22-35-37-29(21-28-13-9-10-14-33(28)43-37)23-45(35)38(46)31(32)24-51-40(41)48)52-39(47)34(19-25(2)3)42-36(20-27-11-7-6-8-12-27)44-53(49,50)30-17-15-26(4)16-18-30/h6-18,21-22,25,34H,5,19-20,23-24H2,1-4H3,(H,42,44)/t34?,41-/m0/s1. The van der Waals surface area contributed by atoms with Crippen LogP contribution in [0.25, 0.3) is 22.3 Å². The lowest BCUT2D eigenvalue weighted by Crippen LogP contribution is -2.49. The van der Waals surface area contributed by atoms with Gasteiger partial charge in [0.05, 0.1) is 33.9 Å². The fraction of sp³-hybridized carbons (Fsp3) is 0.293. The van der Waals surface area contributed by atoms with Crippen LogP contribution in [0.2, 0.25) is 0 Å². The number of carbonyl (C=O) groups is 2. The first-order valence-electron chi connectivity index (χ1n) is 17.6. The monoisotopic (exact) mass is 732 g/mol. The fourth-order valence-corrected chi connectivity index (χ4v) is 8.03. The van der Waals surface area contributed by atoms with E-state index in [-0.39, 0.29) is 59.2 Å². The molecule has 0 amide bonds. The predicted octanol–water partition coefficient (Wildman–Crippen LogP) is 5.97. The zero-order valence-electron chi connectivity index (χ0n) is 30.0. The summed E-state index contributed by atoms with van der Waals surface area (Å²) in [6, 6.07) is 25.8. The molecule has 12 heteroatoms. The van der Waals surface area contributed by atoms with Crippen LogP contribution >= 0.6 is 0 Å². The van der Waals surface area contributed by atoms with Gasteiger partial charge in [0.25, 0.3) is 15.6 Å². The highest BCUT2D eigenvalue weighted by Crippen LogP contribution is 2.41. The Balaban J connectivity index is 1.29. The Kier molecular flexibility index (Phi) is 9.50. The van der Waals surface area contributed by atoms with E-state index in [1.165, 1.54) is 12.1 Å². The van der Waals surface area contributed by atoms with E-state index in [4.69, 9.17) is 19.5 Å². The maximum absolute atomic E-state index is 14.4. The molecule has 11 nitrogen and oxygen atoms in total. The summed E-state index contributed by atoms with van der Waals surface area (Å²) < 4.78 is 43.2. The molecule has 0 aliphatic carbocycles. The number of aromatic nitrogens is 2. The number of hydrogen-bond donors (Lipinski definition) is 1. The first kappa shape index (κ1) is 35.8. The molecule has 0 radical (unpaired) electrons. The molecule has 7 rings (SSSR count). The largest absolute Gasteiger partial charge is 0.457 e. The molecule has 5 aromatic rings. The molecule has 4 heterocycles. The van der Waals surface area contributed by atoms with Gasteiger partial charge in [-0.3, -0.25) is 14.5 Å². The van der Waals surface area contributed by atoms with Crippen LogP contribution in [0.5, 0.6) is 0 Å². The molecule has 3 aromatic carbocycles. The van der Waals surface area contributed by atoms with E-state index in [2.05, 4.69) is 4.72 Å². The molecule has 2 atom stereocenters. The van der Waals surface area contributed by atoms with Gasteiger partial charge in [0.1, 0.15) is 18.5 Å². The van der Waals surface area contributed by atoms with E-state index in [9.17, 15) is 22.8 Å². The van der Waals surface area contributed by atoms with Crippen molar-refractivity contribution in [3.05, 3.63) is 129 Å². The van der Waals surface area contributed by atoms with E-state index < -0.39 is 33.6 Å². The second-order valence-corrected chi connectivity index (χ2v) is 15.7. The summed E-state index contributed by atoms with van der Waals surface area (Å²) in [5, 5.41) is 0.941. The number of para-hydroxylation sites is 1. The third-order valence-corrected chi connectivity index (χ3v) is 11.1. The minimum Gasteiger partial charge on any atom is -0.457 e. The zero-order valence-corrected chi connectivity index (χ0v) is 30.8. The fourth-order valence-electron chi connectivity index (χ4n) is 6.99. The average molecular weight is 733 g/mol.